The molecule has 0 amide bonds. The van der Waals surface area contributed by atoms with E-state index in [0.717, 1.165) is 6.07 Å². The topological polar surface area (TPSA) is 52.3 Å². The molecule has 1 aromatic rings. The highest BCUT2D eigenvalue weighted by atomic mass is 19.4. The van der Waals surface area contributed by atoms with Crippen LogP contribution in [0.3, 0.4) is 0 Å². The highest BCUT2D eigenvalue weighted by Crippen LogP contribution is 2.16. The number of ketones is 1. The molecule has 0 radical (unpaired) electrons. The Labute approximate surface area is 101 Å². The Kier molecular flexibility index (Phi) is 4.66. The third kappa shape index (κ3) is 4.70. The summed E-state index contributed by atoms with van der Waals surface area (Å²) in [5, 5.41) is 0. The maximum Gasteiger partial charge on any atom is 0.411 e. The Morgan fingerprint density at radius 1 is 1.33 bits per heavy atom. The molecular formula is C11H11F4NO2. The van der Waals surface area contributed by atoms with Crippen LogP contribution in [0, 0.1) is 5.82 Å². The minimum Gasteiger partial charge on any atom is -0.396 e. The first-order chi connectivity index (χ1) is 8.29. The molecule has 0 aliphatic carbocycles. The third-order valence-electron chi connectivity index (χ3n) is 2.06. The van der Waals surface area contributed by atoms with E-state index in [1.807, 2.05) is 0 Å². The van der Waals surface area contributed by atoms with Crippen LogP contribution in [0.1, 0.15) is 16.8 Å². The first-order valence-electron chi connectivity index (χ1n) is 5.02. The summed E-state index contributed by atoms with van der Waals surface area (Å²) in [6.45, 7) is -1.78. The van der Waals surface area contributed by atoms with Gasteiger partial charge in [-0.25, -0.2) is 4.39 Å². The minimum atomic E-state index is -4.42. The zero-order valence-corrected chi connectivity index (χ0v) is 9.26. The summed E-state index contributed by atoms with van der Waals surface area (Å²) in [6.07, 6.45) is -4.67. The molecule has 0 unspecified atom stereocenters. The van der Waals surface area contributed by atoms with E-state index in [-0.39, 0.29) is 24.3 Å². The van der Waals surface area contributed by atoms with E-state index in [2.05, 4.69) is 4.74 Å². The predicted octanol–water partition coefficient (Wildman–Crippen LogP) is 2.56. The molecule has 18 heavy (non-hydrogen) atoms. The highest BCUT2D eigenvalue weighted by molar-refractivity contribution is 5.96. The maximum atomic E-state index is 13.0. The lowest BCUT2D eigenvalue weighted by molar-refractivity contribution is -0.173. The number of hydrogen-bond acceptors (Lipinski definition) is 3. The normalized spacial score (nSPS) is 11.6. The molecule has 0 aromatic heterocycles. The fourth-order valence-electron chi connectivity index (χ4n) is 1.20. The Morgan fingerprint density at radius 2 is 2.00 bits per heavy atom. The van der Waals surface area contributed by atoms with Crippen molar-refractivity contribution in [2.75, 3.05) is 18.9 Å². The monoisotopic (exact) mass is 265 g/mol. The molecule has 0 fully saturated rings. The van der Waals surface area contributed by atoms with Crippen LogP contribution >= 0.6 is 0 Å². The second-order valence-electron chi connectivity index (χ2n) is 3.58. The van der Waals surface area contributed by atoms with Crippen molar-refractivity contribution in [1.29, 1.82) is 0 Å². The van der Waals surface area contributed by atoms with Gasteiger partial charge in [-0.15, -0.1) is 0 Å². The van der Waals surface area contributed by atoms with E-state index in [0.29, 0.717) is 0 Å². The maximum absolute atomic E-state index is 13.0. The zero-order chi connectivity index (χ0) is 13.8. The summed E-state index contributed by atoms with van der Waals surface area (Å²) in [4.78, 5) is 11.5. The Hall–Kier alpha value is -1.63. The van der Waals surface area contributed by atoms with E-state index < -0.39 is 24.4 Å². The van der Waals surface area contributed by atoms with E-state index in [9.17, 15) is 22.4 Å². The van der Waals surface area contributed by atoms with Gasteiger partial charge in [0, 0.05) is 12.0 Å². The first kappa shape index (κ1) is 14.4. The molecule has 100 valence electrons. The molecule has 0 bridgehead atoms. The molecule has 0 atom stereocenters. The van der Waals surface area contributed by atoms with E-state index in [1.54, 1.807) is 0 Å². The number of carbonyl (C=O) groups is 1. The van der Waals surface area contributed by atoms with Gasteiger partial charge in [0.25, 0.3) is 0 Å². The summed E-state index contributed by atoms with van der Waals surface area (Å²) in [7, 11) is 0. The molecule has 0 spiro atoms. The van der Waals surface area contributed by atoms with Crippen LogP contribution in [0.15, 0.2) is 18.2 Å². The second kappa shape index (κ2) is 5.81. The second-order valence-corrected chi connectivity index (χ2v) is 3.58. The van der Waals surface area contributed by atoms with Gasteiger partial charge in [0.1, 0.15) is 12.4 Å². The molecule has 0 saturated carbocycles. The van der Waals surface area contributed by atoms with Gasteiger partial charge in [0.15, 0.2) is 5.78 Å². The lowest BCUT2D eigenvalue weighted by Gasteiger charge is -2.07. The van der Waals surface area contributed by atoms with Crippen molar-refractivity contribution in [1.82, 2.24) is 0 Å². The molecule has 0 heterocycles. The number of carbonyl (C=O) groups excluding carboxylic acids is 1. The minimum absolute atomic E-state index is 0.0531. The van der Waals surface area contributed by atoms with Gasteiger partial charge in [-0.2, -0.15) is 13.2 Å². The van der Waals surface area contributed by atoms with Crippen molar-refractivity contribution in [3.63, 3.8) is 0 Å². The van der Waals surface area contributed by atoms with Gasteiger partial charge < -0.3 is 10.5 Å². The number of nitrogens with two attached hydrogens (primary N) is 1. The summed E-state index contributed by atoms with van der Waals surface area (Å²) in [5.74, 6) is -1.24. The number of halogens is 4. The largest absolute Gasteiger partial charge is 0.411 e. The fraction of sp³-hybridized carbons (Fsp3) is 0.364. The number of rotatable bonds is 5. The van der Waals surface area contributed by atoms with Gasteiger partial charge in [0.2, 0.25) is 0 Å². The van der Waals surface area contributed by atoms with Gasteiger partial charge >= 0.3 is 6.18 Å². The first-order valence-corrected chi connectivity index (χ1v) is 5.02. The van der Waals surface area contributed by atoms with Crippen LogP contribution in [-0.2, 0) is 4.74 Å². The van der Waals surface area contributed by atoms with Crippen molar-refractivity contribution < 1.29 is 27.1 Å². The molecule has 7 heteroatoms. The molecule has 0 aliphatic rings. The fourth-order valence-corrected chi connectivity index (χ4v) is 1.20. The van der Waals surface area contributed by atoms with Crippen molar-refractivity contribution in [2.45, 2.75) is 12.6 Å². The lowest BCUT2D eigenvalue weighted by Crippen LogP contribution is -2.18. The number of Topliss-reactive ketones (excluding diaryl/α,β-unsaturated/α-hetero) is 1. The van der Waals surface area contributed by atoms with E-state index in [4.69, 9.17) is 5.73 Å². The average Bonchev–Trinajstić information content (AvgIpc) is 2.26. The third-order valence-corrected chi connectivity index (χ3v) is 2.06. The van der Waals surface area contributed by atoms with Crippen molar-refractivity contribution in [3.8, 4) is 0 Å². The molecular weight excluding hydrogens is 254 g/mol. The van der Waals surface area contributed by atoms with Gasteiger partial charge in [-0.05, 0) is 18.2 Å². The van der Waals surface area contributed by atoms with Crippen LogP contribution in [0.25, 0.3) is 0 Å². The van der Waals surface area contributed by atoms with E-state index >= 15 is 0 Å². The van der Waals surface area contributed by atoms with Crippen LogP contribution in [0.2, 0.25) is 0 Å². The van der Waals surface area contributed by atoms with Crippen LogP contribution in [0.5, 0.6) is 0 Å². The van der Waals surface area contributed by atoms with Gasteiger partial charge in [-0.1, -0.05) is 0 Å². The Morgan fingerprint density at radius 3 is 2.56 bits per heavy atom. The quantitative estimate of drug-likeness (QED) is 0.385. The van der Waals surface area contributed by atoms with Gasteiger partial charge in [0.05, 0.1) is 12.3 Å². The molecule has 1 aromatic carbocycles. The molecule has 0 saturated heterocycles. The smallest absolute Gasteiger partial charge is 0.396 e. The molecule has 3 nitrogen and oxygen atoms in total. The summed E-state index contributed by atoms with van der Waals surface area (Å²) in [6, 6.07) is 3.48. The van der Waals surface area contributed by atoms with Crippen molar-refractivity contribution in [2.24, 2.45) is 0 Å². The van der Waals surface area contributed by atoms with Crippen molar-refractivity contribution in [3.05, 3.63) is 29.6 Å². The number of alkyl halides is 3. The van der Waals surface area contributed by atoms with Crippen molar-refractivity contribution >= 4 is 11.5 Å². The number of benzene rings is 1. The SMILES string of the molecule is Nc1ccc(C(=O)CCOCC(F)(F)F)cc1F. The zero-order valence-electron chi connectivity index (χ0n) is 9.26. The van der Waals surface area contributed by atoms with Crippen LogP contribution in [0.4, 0.5) is 23.2 Å². The highest BCUT2D eigenvalue weighted by Gasteiger charge is 2.27. The summed E-state index contributed by atoms with van der Waals surface area (Å²) >= 11 is 0. The average molecular weight is 265 g/mol. The number of ether oxygens (including phenoxy) is 1. The lowest BCUT2D eigenvalue weighted by atomic mass is 10.1. The standard InChI is InChI=1S/C11H11F4NO2/c12-8-5-7(1-2-9(8)16)10(17)3-4-18-6-11(13,14)15/h1-2,5H,3-4,6,16H2. The summed E-state index contributed by atoms with van der Waals surface area (Å²) in [5.41, 5.74) is 5.18. The van der Waals surface area contributed by atoms with Gasteiger partial charge in [-0.3, -0.25) is 4.79 Å². The number of anilines is 1. The predicted molar refractivity (Wildman–Crippen MR) is 56.6 cm³/mol. The Bertz CT molecular complexity index is 432. The van der Waals surface area contributed by atoms with Crippen LogP contribution < -0.4 is 5.73 Å². The number of nitrogen functional groups attached to an aromatic ring is 1. The Balaban J connectivity index is 2.43. The molecule has 1 rings (SSSR count). The summed E-state index contributed by atoms with van der Waals surface area (Å²) < 4.78 is 52.5. The number of hydrogen-bond donors (Lipinski definition) is 1. The molecule has 0 aliphatic heterocycles. The van der Waals surface area contributed by atoms with Crippen LogP contribution in [-0.4, -0.2) is 25.2 Å². The van der Waals surface area contributed by atoms with E-state index in [1.165, 1.54) is 12.1 Å². The molecule has 2 N–H and O–H groups in total.